The smallest absolute Gasteiger partial charge is 0.241 e. The third-order valence-electron chi connectivity index (χ3n) is 4.89. The minimum Gasteiger partial charge on any atom is -0.355 e. The Balaban J connectivity index is 1.28. The third-order valence-corrected chi connectivity index (χ3v) is 5.83. The normalized spacial score (nSPS) is 17.5. The molecule has 3 aromatic rings. The highest BCUT2D eigenvalue weighted by Crippen LogP contribution is 2.20. The lowest BCUT2D eigenvalue weighted by Crippen LogP contribution is -2.43. The Morgan fingerprint density at radius 1 is 1.32 bits per heavy atom. The fraction of sp³-hybridized carbons (Fsp3) is 0.400. The van der Waals surface area contributed by atoms with E-state index in [0.29, 0.717) is 24.8 Å². The first-order valence-electron chi connectivity index (χ1n) is 9.53. The maximum absolute atomic E-state index is 12.5. The Hall–Kier alpha value is -2.58. The van der Waals surface area contributed by atoms with Crippen LogP contribution in [0, 0.1) is 5.92 Å². The Morgan fingerprint density at radius 3 is 3.04 bits per heavy atom. The molecule has 1 saturated heterocycles. The van der Waals surface area contributed by atoms with Crippen molar-refractivity contribution in [2.24, 2.45) is 5.92 Å². The summed E-state index contributed by atoms with van der Waals surface area (Å²) < 4.78 is 5.40. The topological polar surface area (TPSA) is 84.2 Å². The fourth-order valence-electron chi connectivity index (χ4n) is 3.45. The summed E-state index contributed by atoms with van der Waals surface area (Å²) in [5.74, 6) is 1.30. The van der Waals surface area contributed by atoms with E-state index in [-0.39, 0.29) is 11.8 Å². The van der Waals surface area contributed by atoms with Crippen molar-refractivity contribution in [1.29, 1.82) is 0 Å². The summed E-state index contributed by atoms with van der Waals surface area (Å²) in [6.07, 6.45) is 6.22. The maximum atomic E-state index is 12.5. The molecule has 146 valence electrons. The molecule has 1 fully saturated rings. The van der Waals surface area contributed by atoms with Crippen LogP contribution < -0.4 is 5.32 Å². The maximum Gasteiger partial charge on any atom is 0.241 e. The first-order chi connectivity index (χ1) is 13.8. The summed E-state index contributed by atoms with van der Waals surface area (Å²) in [7, 11) is 0. The number of carbonyl (C=O) groups is 1. The molecule has 7 nitrogen and oxygen atoms in total. The number of likely N-dealkylation sites (tertiary alicyclic amines) is 1. The monoisotopic (exact) mass is 397 g/mol. The van der Waals surface area contributed by atoms with Gasteiger partial charge in [0.15, 0.2) is 0 Å². The second-order valence-corrected chi connectivity index (χ2v) is 7.97. The summed E-state index contributed by atoms with van der Waals surface area (Å²) >= 11 is 1.73. The van der Waals surface area contributed by atoms with Crippen molar-refractivity contribution in [3.63, 3.8) is 0 Å². The van der Waals surface area contributed by atoms with Gasteiger partial charge < -0.3 is 9.84 Å². The molecule has 1 amide bonds. The van der Waals surface area contributed by atoms with Crippen LogP contribution in [-0.2, 0) is 17.8 Å². The predicted octanol–water partition coefficient (Wildman–Crippen LogP) is 2.76. The van der Waals surface area contributed by atoms with E-state index < -0.39 is 0 Å². The van der Waals surface area contributed by atoms with Gasteiger partial charge in [0.2, 0.25) is 17.6 Å². The number of carbonyl (C=O) groups excluding carboxylic acids is 1. The zero-order valence-electron chi connectivity index (χ0n) is 15.6. The van der Waals surface area contributed by atoms with Crippen molar-refractivity contribution >= 4 is 17.2 Å². The highest BCUT2D eigenvalue weighted by Gasteiger charge is 2.26. The van der Waals surface area contributed by atoms with Gasteiger partial charge in [-0.25, -0.2) is 0 Å². The Labute approximate surface area is 167 Å². The standard InChI is InChI=1S/C20H23N5O2S/c26-20(22-10-7-17-4-2-12-28-17)16-3-1-11-25(13-16)14-18-23-19(24-27-18)15-5-8-21-9-6-15/h2,4-6,8-9,12,16H,1,3,7,10-11,13-14H2,(H,22,26)/t16-/m0/s1. The number of nitrogens with one attached hydrogen (secondary N) is 1. The predicted molar refractivity (Wildman–Crippen MR) is 107 cm³/mol. The van der Waals surface area contributed by atoms with E-state index in [1.54, 1.807) is 23.7 Å². The number of amides is 1. The van der Waals surface area contributed by atoms with Crippen LogP contribution in [0.2, 0.25) is 0 Å². The molecule has 0 spiro atoms. The molecule has 0 aromatic carbocycles. The molecule has 28 heavy (non-hydrogen) atoms. The quantitative estimate of drug-likeness (QED) is 0.660. The van der Waals surface area contributed by atoms with Crippen LogP contribution in [0.1, 0.15) is 23.6 Å². The van der Waals surface area contributed by atoms with E-state index in [2.05, 4.69) is 36.8 Å². The lowest BCUT2D eigenvalue weighted by molar-refractivity contribution is -0.126. The molecule has 3 aromatic heterocycles. The minimum absolute atomic E-state index is 0.0136. The van der Waals surface area contributed by atoms with Crippen LogP contribution in [0.25, 0.3) is 11.4 Å². The highest BCUT2D eigenvalue weighted by molar-refractivity contribution is 7.09. The Bertz CT molecular complexity index is 881. The van der Waals surface area contributed by atoms with Crippen LogP contribution >= 0.6 is 11.3 Å². The van der Waals surface area contributed by atoms with Gasteiger partial charge in [-0.05, 0) is 49.4 Å². The summed E-state index contributed by atoms with van der Waals surface area (Å²) in [4.78, 5) is 24.5. The third kappa shape index (κ3) is 4.82. The van der Waals surface area contributed by atoms with E-state index in [4.69, 9.17) is 4.52 Å². The lowest BCUT2D eigenvalue weighted by Gasteiger charge is -2.30. The summed E-state index contributed by atoms with van der Waals surface area (Å²) in [6.45, 7) is 2.91. The van der Waals surface area contributed by atoms with Crippen LogP contribution in [-0.4, -0.2) is 45.6 Å². The van der Waals surface area contributed by atoms with E-state index in [9.17, 15) is 4.79 Å². The van der Waals surface area contributed by atoms with Gasteiger partial charge in [0.05, 0.1) is 12.5 Å². The van der Waals surface area contributed by atoms with Crippen LogP contribution in [0.4, 0.5) is 0 Å². The fourth-order valence-corrected chi connectivity index (χ4v) is 4.16. The zero-order chi connectivity index (χ0) is 19.2. The molecule has 8 heteroatoms. The number of pyridine rings is 1. The number of rotatable bonds is 7. The van der Waals surface area contributed by atoms with Crippen LogP contribution in [0.5, 0.6) is 0 Å². The van der Waals surface area contributed by atoms with Gasteiger partial charge >= 0.3 is 0 Å². The Kier molecular flexibility index (Phi) is 6.08. The summed E-state index contributed by atoms with van der Waals surface area (Å²) in [5.41, 5.74) is 0.881. The van der Waals surface area contributed by atoms with Gasteiger partial charge in [0.1, 0.15) is 0 Å². The Morgan fingerprint density at radius 2 is 2.21 bits per heavy atom. The van der Waals surface area contributed by atoms with E-state index >= 15 is 0 Å². The zero-order valence-corrected chi connectivity index (χ0v) is 16.4. The molecular formula is C20H23N5O2S. The molecule has 0 bridgehead atoms. The van der Waals surface area contributed by atoms with Crippen molar-refractivity contribution in [3.8, 4) is 11.4 Å². The number of nitrogens with zero attached hydrogens (tertiary/aromatic N) is 4. The van der Waals surface area contributed by atoms with E-state index in [1.807, 2.05) is 18.2 Å². The highest BCUT2D eigenvalue weighted by atomic mass is 32.1. The summed E-state index contributed by atoms with van der Waals surface area (Å²) in [6, 6.07) is 7.85. The van der Waals surface area contributed by atoms with Crippen molar-refractivity contribution in [2.75, 3.05) is 19.6 Å². The van der Waals surface area contributed by atoms with E-state index in [1.165, 1.54) is 4.88 Å². The van der Waals surface area contributed by atoms with E-state index in [0.717, 1.165) is 37.9 Å². The van der Waals surface area contributed by atoms with Crippen molar-refractivity contribution in [3.05, 3.63) is 52.8 Å². The average molecular weight is 398 g/mol. The molecule has 1 atom stereocenters. The number of thiophene rings is 1. The van der Waals surface area contributed by atoms with Crippen molar-refractivity contribution in [1.82, 2.24) is 25.3 Å². The average Bonchev–Trinajstić information content (AvgIpc) is 3.41. The first-order valence-corrected chi connectivity index (χ1v) is 10.4. The molecule has 1 aliphatic heterocycles. The lowest BCUT2D eigenvalue weighted by atomic mass is 9.97. The van der Waals surface area contributed by atoms with Gasteiger partial charge in [-0.3, -0.25) is 14.7 Å². The number of piperidine rings is 1. The molecule has 4 rings (SSSR count). The van der Waals surface area contributed by atoms with Crippen LogP contribution in [0.3, 0.4) is 0 Å². The number of aromatic nitrogens is 3. The van der Waals surface area contributed by atoms with Crippen molar-refractivity contribution in [2.45, 2.75) is 25.8 Å². The van der Waals surface area contributed by atoms with Gasteiger partial charge in [-0.2, -0.15) is 4.98 Å². The molecule has 0 saturated carbocycles. The van der Waals surface area contributed by atoms with Crippen LogP contribution in [0.15, 0.2) is 46.6 Å². The second kappa shape index (κ2) is 9.07. The number of hydrogen-bond donors (Lipinski definition) is 1. The molecule has 0 aliphatic carbocycles. The molecular weight excluding hydrogens is 374 g/mol. The molecule has 4 heterocycles. The largest absolute Gasteiger partial charge is 0.355 e. The summed E-state index contributed by atoms with van der Waals surface area (Å²) in [5, 5.41) is 9.20. The molecule has 0 unspecified atom stereocenters. The van der Waals surface area contributed by atoms with Gasteiger partial charge in [0.25, 0.3) is 0 Å². The SMILES string of the molecule is O=C(NCCc1cccs1)[C@H]1CCCN(Cc2nc(-c3ccncc3)no2)C1. The molecule has 0 radical (unpaired) electrons. The van der Waals surface area contributed by atoms with Gasteiger partial charge in [0, 0.05) is 35.9 Å². The number of hydrogen-bond acceptors (Lipinski definition) is 7. The minimum atomic E-state index is 0.0136. The van der Waals surface area contributed by atoms with Gasteiger partial charge in [-0.15, -0.1) is 11.3 Å². The van der Waals surface area contributed by atoms with Gasteiger partial charge in [-0.1, -0.05) is 11.2 Å². The first kappa shape index (κ1) is 18.8. The second-order valence-electron chi connectivity index (χ2n) is 6.94. The van der Waals surface area contributed by atoms with Crippen molar-refractivity contribution < 1.29 is 9.32 Å². The molecule has 1 N–H and O–H groups in total. The molecule has 1 aliphatic rings.